The van der Waals surface area contributed by atoms with Crippen molar-refractivity contribution in [1.29, 1.82) is 0 Å². The number of hydrogen-bond donors (Lipinski definition) is 1. The number of rotatable bonds is 5. The van der Waals surface area contributed by atoms with E-state index in [4.69, 9.17) is 9.47 Å². The van der Waals surface area contributed by atoms with Crippen molar-refractivity contribution >= 4 is 34.5 Å². The van der Waals surface area contributed by atoms with Gasteiger partial charge in [0, 0.05) is 28.7 Å². The molecule has 38 heavy (non-hydrogen) atoms. The van der Waals surface area contributed by atoms with Crippen LogP contribution in [-0.2, 0) is 23.9 Å². The summed E-state index contributed by atoms with van der Waals surface area (Å²) in [6, 6.07) is 8.96. The first-order chi connectivity index (χ1) is 18.3. The van der Waals surface area contributed by atoms with Gasteiger partial charge in [-0.3, -0.25) is 14.0 Å². The van der Waals surface area contributed by atoms with E-state index < -0.39 is 23.8 Å². The van der Waals surface area contributed by atoms with Crippen LogP contribution in [0.1, 0.15) is 36.9 Å². The topological polar surface area (TPSA) is 85.2 Å². The number of carbonyl (C=O) groups excluding carboxylic acids is 2. The average Bonchev–Trinajstić information content (AvgIpc) is 3.50. The Hall–Kier alpha value is -3.90. The monoisotopic (exact) mass is 542 g/mol. The molecule has 1 aromatic carbocycles. The summed E-state index contributed by atoms with van der Waals surface area (Å²) in [6.07, 6.45) is -1.30. The summed E-state index contributed by atoms with van der Waals surface area (Å²) in [7, 11) is 0. The molecule has 0 saturated carbocycles. The number of alkyl halides is 3. The summed E-state index contributed by atoms with van der Waals surface area (Å²) in [5.41, 5.74) is 1.38. The van der Waals surface area contributed by atoms with Gasteiger partial charge in [-0.15, -0.1) is 11.3 Å². The first-order valence-electron chi connectivity index (χ1n) is 11.9. The molecule has 5 heterocycles. The van der Waals surface area contributed by atoms with Crippen molar-refractivity contribution in [2.75, 3.05) is 25.1 Å². The number of nitrogens with one attached hydrogen (secondary N) is 1. The van der Waals surface area contributed by atoms with Crippen LogP contribution in [0.25, 0.3) is 5.65 Å². The molecule has 0 radical (unpaired) electrons. The molecule has 1 fully saturated rings. The van der Waals surface area contributed by atoms with Gasteiger partial charge in [-0.25, -0.2) is 4.98 Å². The Morgan fingerprint density at radius 2 is 2.03 bits per heavy atom. The number of ether oxygens (including phenoxy) is 2. The Bertz CT molecular complexity index is 1540. The molecule has 2 amide bonds. The standard InChI is InChI=1S/C26H21F3N4O4S/c27-26(28,29)19-9-15(4-5-21(19)37-16-12-36-13-16)31-24(34)18-14-38-22-11-32(8-6-17(18)22)25(35)20-10-30-23-3-1-2-7-33(20)23/h1-5,7,9-10,14,16H,6,8,11-13H2,(H,31,34). The third kappa shape index (κ3) is 4.50. The minimum absolute atomic E-state index is 0.0136. The fourth-order valence-electron chi connectivity index (χ4n) is 4.54. The Kier molecular flexibility index (Phi) is 6.07. The number of aromatic nitrogens is 2. The largest absolute Gasteiger partial charge is 0.485 e. The zero-order valence-corrected chi connectivity index (χ0v) is 20.6. The number of thiophene rings is 1. The van der Waals surface area contributed by atoms with Gasteiger partial charge in [-0.1, -0.05) is 6.07 Å². The third-order valence-corrected chi connectivity index (χ3v) is 7.57. The molecule has 0 atom stereocenters. The van der Waals surface area contributed by atoms with Crippen LogP contribution >= 0.6 is 11.3 Å². The normalized spacial score (nSPS) is 15.7. The zero-order chi connectivity index (χ0) is 26.4. The molecule has 1 saturated heterocycles. The van der Waals surface area contributed by atoms with E-state index in [1.165, 1.54) is 23.5 Å². The number of hydrogen-bond acceptors (Lipinski definition) is 6. The smallest absolute Gasteiger partial charge is 0.420 e. The molecule has 3 aromatic heterocycles. The number of amides is 2. The fourth-order valence-corrected chi connectivity index (χ4v) is 5.63. The predicted molar refractivity (Wildman–Crippen MR) is 133 cm³/mol. The van der Waals surface area contributed by atoms with E-state index in [0.29, 0.717) is 36.4 Å². The molecule has 1 N–H and O–H groups in total. The molecule has 0 bridgehead atoms. The second-order valence-electron chi connectivity index (χ2n) is 9.04. The molecule has 196 valence electrons. The van der Waals surface area contributed by atoms with Gasteiger partial charge in [0.1, 0.15) is 23.2 Å². The van der Waals surface area contributed by atoms with Gasteiger partial charge >= 0.3 is 6.18 Å². The molecule has 0 aliphatic carbocycles. The number of imidazole rings is 1. The van der Waals surface area contributed by atoms with Crippen LogP contribution < -0.4 is 10.1 Å². The van der Waals surface area contributed by atoms with Gasteiger partial charge in [-0.2, -0.15) is 13.2 Å². The first-order valence-corrected chi connectivity index (χ1v) is 12.7. The van der Waals surface area contributed by atoms with Crippen molar-refractivity contribution in [3.63, 3.8) is 0 Å². The van der Waals surface area contributed by atoms with Gasteiger partial charge in [0.25, 0.3) is 11.8 Å². The lowest BCUT2D eigenvalue weighted by atomic mass is 10.0. The zero-order valence-electron chi connectivity index (χ0n) is 19.8. The second-order valence-corrected chi connectivity index (χ2v) is 10.0. The molecule has 0 unspecified atom stereocenters. The number of benzene rings is 1. The second kappa shape index (κ2) is 9.44. The Morgan fingerprint density at radius 1 is 1.18 bits per heavy atom. The number of anilines is 1. The average molecular weight is 543 g/mol. The van der Waals surface area contributed by atoms with Crippen LogP contribution in [0, 0.1) is 0 Å². The van der Waals surface area contributed by atoms with Crippen molar-refractivity contribution in [2.45, 2.75) is 25.2 Å². The van der Waals surface area contributed by atoms with Crippen molar-refractivity contribution in [2.24, 2.45) is 0 Å². The molecular weight excluding hydrogens is 521 g/mol. The van der Waals surface area contributed by atoms with E-state index in [0.717, 1.165) is 16.5 Å². The van der Waals surface area contributed by atoms with Crippen LogP contribution in [-0.4, -0.2) is 52.0 Å². The maximum absolute atomic E-state index is 13.7. The molecular formula is C26H21F3N4O4S. The quantitative estimate of drug-likeness (QED) is 0.397. The molecule has 0 spiro atoms. The number of halogens is 3. The van der Waals surface area contributed by atoms with Crippen LogP contribution in [0.4, 0.5) is 18.9 Å². The highest BCUT2D eigenvalue weighted by molar-refractivity contribution is 7.10. The van der Waals surface area contributed by atoms with Crippen LogP contribution in [0.3, 0.4) is 0 Å². The Morgan fingerprint density at radius 3 is 2.79 bits per heavy atom. The van der Waals surface area contributed by atoms with E-state index in [9.17, 15) is 22.8 Å². The van der Waals surface area contributed by atoms with Gasteiger partial charge in [0.05, 0.1) is 37.1 Å². The molecule has 2 aliphatic rings. The van der Waals surface area contributed by atoms with E-state index >= 15 is 0 Å². The Labute approximate surface area is 218 Å². The third-order valence-electron chi connectivity index (χ3n) is 6.56. The lowest BCUT2D eigenvalue weighted by Crippen LogP contribution is -2.39. The van der Waals surface area contributed by atoms with Crippen LogP contribution in [0.15, 0.2) is 54.2 Å². The number of nitrogens with zero attached hydrogens (tertiary/aromatic N) is 3. The highest BCUT2D eigenvalue weighted by Gasteiger charge is 2.36. The van der Waals surface area contributed by atoms with E-state index in [1.54, 1.807) is 27.1 Å². The van der Waals surface area contributed by atoms with Crippen molar-refractivity contribution in [3.05, 3.63) is 81.4 Å². The number of carbonyl (C=O) groups is 2. The highest BCUT2D eigenvalue weighted by atomic mass is 32.1. The summed E-state index contributed by atoms with van der Waals surface area (Å²) < 4.78 is 53.1. The van der Waals surface area contributed by atoms with Gasteiger partial charge in [0.15, 0.2) is 0 Å². The molecule has 2 aliphatic heterocycles. The van der Waals surface area contributed by atoms with Crippen molar-refractivity contribution in [3.8, 4) is 5.75 Å². The summed E-state index contributed by atoms with van der Waals surface area (Å²) in [5, 5.41) is 4.27. The number of pyridine rings is 1. The Balaban J connectivity index is 1.18. The maximum atomic E-state index is 13.7. The fraction of sp³-hybridized carbons (Fsp3) is 0.269. The van der Waals surface area contributed by atoms with E-state index in [1.807, 2.05) is 18.2 Å². The molecule has 8 nitrogen and oxygen atoms in total. The minimum Gasteiger partial charge on any atom is -0.485 e. The lowest BCUT2D eigenvalue weighted by Gasteiger charge is -2.28. The number of fused-ring (bicyclic) bond motifs is 2. The maximum Gasteiger partial charge on any atom is 0.420 e. The summed E-state index contributed by atoms with van der Waals surface area (Å²) in [5.74, 6) is -0.963. The lowest BCUT2D eigenvalue weighted by molar-refractivity contribution is -0.141. The van der Waals surface area contributed by atoms with Gasteiger partial charge in [-0.05, 0) is 42.3 Å². The predicted octanol–water partition coefficient (Wildman–Crippen LogP) is 4.64. The first kappa shape index (κ1) is 24.4. The summed E-state index contributed by atoms with van der Waals surface area (Å²) in [6.45, 7) is 1.21. The molecule has 6 rings (SSSR count). The van der Waals surface area contributed by atoms with E-state index in [-0.39, 0.29) is 30.6 Å². The van der Waals surface area contributed by atoms with Gasteiger partial charge in [0.2, 0.25) is 0 Å². The minimum atomic E-state index is -4.65. The molecule has 4 aromatic rings. The summed E-state index contributed by atoms with van der Waals surface area (Å²) >= 11 is 1.35. The summed E-state index contributed by atoms with van der Waals surface area (Å²) in [4.78, 5) is 33.1. The SMILES string of the molecule is O=C(Nc1ccc(OC2COC2)c(C(F)(F)F)c1)c1csc2c1CCN(C(=O)c1cnc3ccccn13)C2. The van der Waals surface area contributed by atoms with E-state index in [2.05, 4.69) is 10.3 Å². The van der Waals surface area contributed by atoms with Crippen molar-refractivity contribution in [1.82, 2.24) is 14.3 Å². The molecule has 12 heteroatoms. The van der Waals surface area contributed by atoms with Crippen LogP contribution in [0.2, 0.25) is 0 Å². The van der Waals surface area contributed by atoms with Crippen LogP contribution in [0.5, 0.6) is 5.75 Å². The van der Waals surface area contributed by atoms with Crippen molar-refractivity contribution < 1.29 is 32.2 Å². The van der Waals surface area contributed by atoms with Gasteiger partial charge < -0.3 is 19.7 Å². The highest BCUT2D eigenvalue weighted by Crippen LogP contribution is 2.39.